The van der Waals surface area contributed by atoms with Crippen LogP contribution in [0.25, 0.3) is 0 Å². The van der Waals surface area contributed by atoms with Crippen molar-refractivity contribution < 1.29 is 9.59 Å². The lowest BCUT2D eigenvalue weighted by atomic mass is 9.85. The normalized spacial score (nSPS) is 25.4. The highest BCUT2D eigenvalue weighted by Gasteiger charge is 2.38. The minimum Gasteiger partial charge on any atom is -0.325 e. The van der Waals surface area contributed by atoms with Gasteiger partial charge in [0.2, 0.25) is 5.91 Å². The molecule has 1 saturated carbocycles. The summed E-state index contributed by atoms with van der Waals surface area (Å²) in [6.07, 6.45) is 9.97. The molecule has 1 saturated heterocycles. The van der Waals surface area contributed by atoms with E-state index in [1.54, 1.807) is 29.4 Å². The Morgan fingerprint density at radius 1 is 1.17 bits per heavy atom. The molecule has 6 heteroatoms. The zero-order chi connectivity index (χ0) is 19.8. The van der Waals surface area contributed by atoms with Gasteiger partial charge in [-0.1, -0.05) is 12.8 Å². The Balaban J connectivity index is 1.27. The van der Waals surface area contributed by atoms with Gasteiger partial charge in [0.25, 0.3) is 5.91 Å². The number of hydrogen-bond donors (Lipinski definition) is 2. The molecule has 2 N–H and O–H groups in total. The highest BCUT2D eigenvalue weighted by Crippen LogP contribution is 2.34. The fourth-order valence-corrected chi connectivity index (χ4v) is 5.09. The second-order valence-electron chi connectivity index (χ2n) is 8.39. The fraction of sp³-hybridized carbons (Fsp3) is 0.435. The zero-order valence-corrected chi connectivity index (χ0v) is 16.4. The smallest absolute Gasteiger partial charge is 0.259 e. The van der Waals surface area contributed by atoms with E-state index in [9.17, 15) is 9.59 Å². The van der Waals surface area contributed by atoms with Gasteiger partial charge in [-0.2, -0.15) is 0 Å². The van der Waals surface area contributed by atoms with Gasteiger partial charge in [0.05, 0.1) is 11.6 Å². The molecule has 3 aliphatic rings. The molecule has 3 unspecified atom stereocenters. The van der Waals surface area contributed by atoms with Crippen LogP contribution in [0, 0.1) is 5.92 Å². The van der Waals surface area contributed by atoms with Crippen molar-refractivity contribution >= 4 is 23.2 Å². The molecule has 2 aromatic rings. The largest absolute Gasteiger partial charge is 0.325 e. The summed E-state index contributed by atoms with van der Waals surface area (Å²) in [6, 6.07) is 9.81. The number of hydrogen-bond acceptors (Lipinski definition) is 4. The number of fused-ring (bicyclic) bond motifs is 2. The van der Waals surface area contributed by atoms with Gasteiger partial charge >= 0.3 is 0 Å². The first kappa shape index (κ1) is 18.3. The number of aromatic nitrogens is 1. The number of rotatable bonds is 3. The summed E-state index contributed by atoms with van der Waals surface area (Å²) >= 11 is 0. The zero-order valence-electron chi connectivity index (χ0n) is 16.4. The Morgan fingerprint density at radius 2 is 2.07 bits per heavy atom. The van der Waals surface area contributed by atoms with Gasteiger partial charge < -0.3 is 15.5 Å². The molecule has 2 amide bonds. The summed E-state index contributed by atoms with van der Waals surface area (Å²) in [4.78, 5) is 31.4. The Morgan fingerprint density at radius 3 is 2.90 bits per heavy atom. The van der Waals surface area contributed by atoms with E-state index in [0.717, 1.165) is 29.8 Å². The first-order valence-electron chi connectivity index (χ1n) is 10.6. The van der Waals surface area contributed by atoms with Crippen LogP contribution in [0.3, 0.4) is 0 Å². The number of amides is 2. The Labute approximate surface area is 170 Å². The van der Waals surface area contributed by atoms with E-state index >= 15 is 0 Å². The predicted octanol–water partition coefficient (Wildman–Crippen LogP) is 3.14. The summed E-state index contributed by atoms with van der Waals surface area (Å²) in [5.41, 5.74) is 3.41. The number of carbonyl (C=O) groups is 2. The molecule has 3 atom stereocenters. The van der Waals surface area contributed by atoms with Crippen molar-refractivity contribution in [3.8, 4) is 0 Å². The van der Waals surface area contributed by atoms with E-state index in [1.807, 2.05) is 18.2 Å². The van der Waals surface area contributed by atoms with E-state index in [2.05, 4.69) is 15.6 Å². The van der Waals surface area contributed by atoms with Crippen LogP contribution >= 0.6 is 0 Å². The molecule has 1 aliphatic carbocycles. The summed E-state index contributed by atoms with van der Waals surface area (Å²) < 4.78 is 0. The predicted molar refractivity (Wildman–Crippen MR) is 112 cm³/mol. The monoisotopic (exact) mass is 390 g/mol. The molecule has 2 aliphatic heterocycles. The molecular weight excluding hydrogens is 364 g/mol. The van der Waals surface area contributed by atoms with Gasteiger partial charge in [0.15, 0.2) is 0 Å². The maximum Gasteiger partial charge on any atom is 0.259 e. The molecule has 1 aromatic carbocycles. The lowest BCUT2D eigenvalue weighted by molar-refractivity contribution is -0.117. The number of benzene rings is 1. The van der Waals surface area contributed by atoms with Crippen LogP contribution < -0.4 is 15.5 Å². The van der Waals surface area contributed by atoms with Gasteiger partial charge in [-0.15, -0.1) is 0 Å². The molecule has 2 fully saturated rings. The summed E-state index contributed by atoms with van der Waals surface area (Å²) in [5.74, 6) is 0.665. The highest BCUT2D eigenvalue weighted by atomic mass is 16.2. The van der Waals surface area contributed by atoms with Crippen molar-refractivity contribution in [1.82, 2.24) is 10.3 Å². The molecule has 5 rings (SSSR count). The first-order chi connectivity index (χ1) is 14.2. The van der Waals surface area contributed by atoms with E-state index in [0.29, 0.717) is 24.1 Å². The number of nitrogens with zero attached hydrogens (tertiary/aromatic N) is 2. The van der Waals surface area contributed by atoms with Crippen molar-refractivity contribution in [2.45, 2.75) is 50.6 Å². The molecule has 6 nitrogen and oxygen atoms in total. The van der Waals surface area contributed by atoms with E-state index in [-0.39, 0.29) is 17.9 Å². The van der Waals surface area contributed by atoms with Crippen molar-refractivity contribution in [2.75, 3.05) is 16.8 Å². The van der Waals surface area contributed by atoms with Crippen LogP contribution in [0.4, 0.5) is 11.4 Å². The standard InChI is InChI=1S/C23H26N4O2/c28-22(20-13-15-4-1-2-6-19(15)26-20)25-18-7-8-21-16(12-18)9-11-27(21)23(29)17-5-3-10-24-14-17/h3,5,7-8,10,12,14-15,19-20,26H,1-2,4,6,9,11,13H2,(H,25,28). The van der Waals surface area contributed by atoms with E-state index in [1.165, 1.54) is 25.7 Å². The SMILES string of the molecule is O=C(Nc1ccc2c(c1)CCN2C(=O)c1cccnc1)C1CC2CCCCC2N1. The Hall–Kier alpha value is -2.73. The maximum absolute atomic E-state index is 12.8. The average Bonchev–Trinajstić information content (AvgIpc) is 3.38. The van der Waals surface area contributed by atoms with Crippen LogP contribution in [0.2, 0.25) is 0 Å². The quantitative estimate of drug-likeness (QED) is 0.844. The van der Waals surface area contributed by atoms with Crippen molar-refractivity contribution in [3.05, 3.63) is 53.9 Å². The fourth-order valence-electron chi connectivity index (χ4n) is 5.09. The molecule has 150 valence electrons. The van der Waals surface area contributed by atoms with Gasteiger partial charge in [-0.25, -0.2) is 0 Å². The average molecular weight is 390 g/mol. The van der Waals surface area contributed by atoms with Gasteiger partial charge in [-0.05, 0) is 67.5 Å². The molecule has 0 spiro atoms. The maximum atomic E-state index is 12.8. The van der Waals surface area contributed by atoms with Crippen LogP contribution in [0.5, 0.6) is 0 Å². The topological polar surface area (TPSA) is 74.3 Å². The van der Waals surface area contributed by atoms with E-state index in [4.69, 9.17) is 0 Å². The van der Waals surface area contributed by atoms with Crippen molar-refractivity contribution in [2.24, 2.45) is 5.92 Å². The second kappa shape index (κ2) is 7.59. The summed E-state index contributed by atoms with van der Waals surface area (Å²) in [7, 11) is 0. The van der Waals surface area contributed by atoms with Crippen LogP contribution in [0.15, 0.2) is 42.7 Å². The van der Waals surface area contributed by atoms with Gasteiger partial charge in [0.1, 0.15) is 0 Å². The molecular formula is C23H26N4O2. The number of carbonyl (C=O) groups excluding carboxylic acids is 2. The molecule has 0 bridgehead atoms. The molecule has 1 aromatic heterocycles. The van der Waals surface area contributed by atoms with Crippen LogP contribution in [0.1, 0.15) is 48.0 Å². The molecule has 0 radical (unpaired) electrons. The summed E-state index contributed by atoms with van der Waals surface area (Å²) in [5, 5.41) is 6.62. The molecule has 3 heterocycles. The van der Waals surface area contributed by atoms with E-state index < -0.39 is 0 Å². The van der Waals surface area contributed by atoms with Crippen molar-refractivity contribution in [3.63, 3.8) is 0 Å². The summed E-state index contributed by atoms with van der Waals surface area (Å²) in [6.45, 7) is 0.647. The lowest BCUT2D eigenvalue weighted by Crippen LogP contribution is -2.39. The highest BCUT2D eigenvalue weighted by molar-refractivity contribution is 6.07. The third-order valence-corrected chi connectivity index (χ3v) is 6.58. The second-order valence-corrected chi connectivity index (χ2v) is 8.39. The third-order valence-electron chi connectivity index (χ3n) is 6.58. The third kappa shape index (κ3) is 3.53. The first-order valence-corrected chi connectivity index (χ1v) is 10.6. The van der Waals surface area contributed by atoms with Crippen LogP contribution in [-0.2, 0) is 11.2 Å². The number of nitrogens with one attached hydrogen (secondary N) is 2. The number of pyridine rings is 1. The number of anilines is 2. The minimum absolute atomic E-state index is 0.0357. The van der Waals surface area contributed by atoms with Crippen LogP contribution in [-0.4, -0.2) is 35.4 Å². The minimum atomic E-state index is -0.0972. The van der Waals surface area contributed by atoms with Gasteiger partial charge in [-0.3, -0.25) is 14.6 Å². The van der Waals surface area contributed by atoms with Crippen molar-refractivity contribution in [1.29, 1.82) is 0 Å². The Bertz CT molecular complexity index is 916. The molecule has 29 heavy (non-hydrogen) atoms. The lowest BCUT2D eigenvalue weighted by Gasteiger charge is -2.24. The van der Waals surface area contributed by atoms with Gasteiger partial charge in [0, 0.05) is 36.4 Å². The Kier molecular flexibility index (Phi) is 4.79.